The largest absolute Gasteiger partial charge is 0.377 e. The third-order valence-corrected chi connectivity index (χ3v) is 2.97. The van der Waals surface area contributed by atoms with Crippen LogP contribution in [-0.2, 0) is 4.74 Å². The lowest BCUT2D eigenvalue weighted by molar-refractivity contribution is 0.0156. The van der Waals surface area contributed by atoms with E-state index in [9.17, 15) is 0 Å². The second kappa shape index (κ2) is 8.04. The van der Waals surface area contributed by atoms with Gasteiger partial charge in [-0.05, 0) is 38.6 Å². The molecule has 2 unspecified atom stereocenters. The Hall–Kier alpha value is -0.120. The van der Waals surface area contributed by atoms with Crippen molar-refractivity contribution >= 4 is 0 Å². The van der Waals surface area contributed by atoms with Crippen LogP contribution in [0.4, 0.5) is 0 Å². The Morgan fingerprint density at radius 1 is 1.19 bits per heavy atom. The highest BCUT2D eigenvalue weighted by atomic mass is 16.5. The minimum Gasteiger partial charge on any atom is -0.377 e. The summed E-state index contributed by atoms with van der Waals surface area (Å²) in [4.78, 5) is 0. The van der Waals surface area contributed by atoms with Crippen LogP contribution >= 0.6 is 0 Å². The predicted molar refractivity (Wildman–Crippen MR) is 68.8 cm³/mol. The maximum Gasteiger partial charge on any atom is 0.0699 e. The van der Waals surface area contributed by atoms with E-state index in [4.69, 9.17) is 4.74 Å². The maximum absolute atomic E-state index is 5.69. The van der Waals surface area contributed by atoms with Crippen LogP contribution in [0.1, 0.15) is 40.0 Å². The molecule has 0 saturated carbocycles. The van der Waals surface area contributed by atoms with E-state index in [1.165, 1.54) is 19.3 Å². The fourth-order valence-corrected chi connectivity index (χ4v) is 1.96. The summed E-state index contributed by atoms with van der Waals surface area (Å²) in [5.74, 6) is 0.730. The topological polar surface area (TPSA) is 33.3 Å². The summed E-state index contributed by atoms with van der Waals surface area (Å²) in [6, 6.07) is 0.532. The highest BCUT2D eigenvalue weighted by Crippen LogP contribution is 2.11. The molecule has 0 spiro atoms. The highest BCUT2D eigenvalue weighted by molar-refractivity contribution is 4.71. The van der Waals surface area contributed by atoms with E-state index in [0.717, 1.165) is 32.2 Å². The molecule has 1 fully saturated rings. The maximum atomic E-state index is 5.69. The molecule has 2 atom stereocenters. The van der Waals surface area contributed by atoms with E-state index in [2.05, 4.69) is 31.4 Å². The second-order valence-electron chi connectivity index (χ2n) is 5.35. The first-order valence-electron chi connectivity index (χ1n) is 6.74. The van der Waals surface area contributed by atoms with Gasteiger partial charge in [0.1, 0.15) is 0 Å². The third kappa shape index (κ3) is 6.46. The van der Waals surface area contributed by atoms with Crippen molar-refractivity contribution in [1.82, 2.24) is 10.6 Å². The zero-order valence-corrected chi connectivity index (χ0v) is 11.1. The fourth-order valence-electron chi connectivity index (χ4n) is 1.96. The molecule has 0 bridgehead atoms. The van der Waals surface area contributed by atoms with Crippen molar-refractivity contribution in [3.8, 4) is 0 Å². The molecule has 3 nitrogen and oxygen atoms in total. The van der Waals surface area contributed by atoms with Gasteiger partial charge in [-0.25, -0.2) is 0 Å². The molecule has 0 aromatic heterocycles. The van der Waals surface area contributed by atoms with E-state index < -0.39 is 0 Å². The minimum absolute atomic E-state index is 0.446. The Morgan fingerprint density at radius 3 is 2.62 bits per heavy atom. The first-order chi connectivity index (χ1) is 7.68. The average molecular weight is 228 g/mol. The van der Waals surface area contributed by atoms with Gasteiger partial charge in [0.15, 0.2) is 0 Å². The molecule has 0 aromatic carbocycles. The number of hydrogen-bond donors (Lipinski definition) is 2. The normalized spacial score (nSPS) is 23.6. The molecule has 1 aliphatic heterocycles. The Kier molecular flexibility index (Phi) is 7.01. The first-order valence-corrected chi connectivity index (χ1v) is 6.74. The van der Waals surface area contributed by atoms with Crippen LogP contribution in [0.15, 0.2) is 0 Å². The van der Waals surface area contributed by atoms with Crippen molar-refractivity contribution in [2.45, 2.75) is 52.2 Å². The zero-order chi connectivity index (χ0) is 11.8. The molecule has 1 rings (SSSR count). The van der Waals surface area contributed by atoms with Crippen molar-refractivity contribution in [1.29, 1.82) is 0 Å². The second-order valence-corrected chi connectivity index (χ2v) is 5.35. The predicted octanol–water partition coefficient (Wildman–Crippen LogP) is 1.78. The summed E-state index contributed by atoms with van der Waals surface area (Å²) in [6.07, 6.45) is 4.23. The summed E-state index contributed by atoms with van der Waals surface area (Å²) in [5.41, 5.74) is 0. The van der Waals surface area contributed by atoms with Gasteiger partial charge in [0.2, 0.25) is 0 Å². The molecule has 16 heavy (non-hydrogen) atoms. The summed E-state index contributed by atoms with van der Waals surface area (Å²) in [5, 5.41) is 7.01. The van der Waals surface area contributed by atoms with Gasteiger partial charge in [-0.1, -0.05) is 13.8 Å². The van der Waals surface area contributed by atoms with Gasteiger partial charge in [-0.2, -0.15) is 0 Å². The summed E-state index contributed by atoms with van der Waals surface area (Å²) in [7, 11) is 0. The monoisotopic (exact) mass is 228 g/mol. The lowest BCUT2D eigenvalue weighted by atomic mass is 10.1. The molecule has 1 saturated heterocycles. The smallest absolute Gasteiger partial charge is 0.0699 e. The van der Waals surface area contributed by atoms with Crippen molar-refractivity contribution in [3.63, 3.8) is 0 Å². The zero-order valence-electron chi connectivity index (χ0n) is 11.1. The summed E-state index contributed by atoms with van der Waals surface area (Å²) < 4.78 is 5.69. The number of nitrogens with one attached hydrogen (secondary N) is 2. The summed E-state index contributed by atoms with van der Waals surface area (Å²) >= 11 is 0. The van der Waals surface area contributed by atoms with E-state index in [0.29, 0.717) is 12.1 Å². The van der Waals surface area contributed by atoms with Gasteiger partial charge in [0, 0.05) is 25.7 Å². The van der Waals surface area contributed by atoms with E-state index in [-0.39, 0.29) is 0 Å². The molecular weight excluding hydrogens is 200 g/mol. The molecule has 0 aliphatic carbocycles. The number of rotatable bonds is 7. The van der Waals surface area contributed by atoms with Gasteiger partial charge in [0.05, 0.1) is 6.10 Å². The van der Waals surface area contributed by atoms with Crippen molar-refractivity contribution < 1.29 is 4.74 Å². The average Bonchev–Trinajstić information content (AvgIpc) is 2.27. The molecule has 1 heterocycles. The third-order valence-electron chi connectivity index (χ3n) is 2.97. The van der Waals surface area contributed by atoms with Crippen molar-refractivity contribution in [2.24, 2.45) is 5.92 Å². The standard InChI is InChI=1S/C13H28N2O/c1-11(2)8-14-9-12(3)15-10-13-6-4-5-7-16-13/h11-15H,4-10H2,1-3H3. The molecule has 0 aromatic rings. The van der Waals surface area contributed by atoms with Crippen LogP contribution in [-0.4, -0.2) is 38.4 Å². The fraction of sp³-hybridized carbons (Fsp3) is 1.00. The Balaban J connectivity index is 1.98. The number of hydrogen-bond acceptors (Lipinski definition) is 3. The molecule has 0 amide bonds. The van der Waals surface area contributed by atoms with E-state index in [1.54, 1.807) is 0 Å². The first kappa shape index (κ1) is 13.9. The van der Waals surface area contributed by atoms with Crippen LogP contribution < -0.4 is 10.6 Å². The van der Waals surface area contributed by atoms with Crippen LogP contribution in [0.25, 0.3) is 0 Å². The van der Waals surface area contributed by atoms with Gasteiger partial charge in [-0.3, -0.25) is 0 Å². The Labute approximate surface area is 100 Å². The van der Waals surface area contributed by atoms with Crippen LogP contribution in [0.3, 0.4) is 0 Å². The van der Waals surface area contributed by atoms with Crippen molar-refractivity contribution in [2.75, 3.05) is 26.2 Å². The van der Waals surface area contributed by atoms with Crippen LogP contribution in [0, 0.1) is 5.92 Å². The lowest BCUT2D eigenvalue weighted by Crippen LogP contribution is -2.42. The molecule has 3 heteroatoms. The number of ether oxygens (including phenoxy) is 1. The quantitative estimate of drug-likeness (QED) is 0.697. The Morgan fingerprint density at radius 2 is 2.00 bits per heavy atom. The lowest BCUT2D eigenvalue weighted by Gasteiger charge is -2.25. The SMILES string of the molecule is CC(C)CNCC(C)NCC1CCCCO1. The molecule has 96 valence electrons. The van der Waals surface area contributed by atoms with Crippen molar-refractivity contribution in [3.05, 3.63) is 0 Å². The molecular formula is C13H28N2O. The van der Waals surface area contributed by atoms with Gasteiger partial charge in [0.25, 0.3) is 0 Å². The minimum atomic E-state index is 0.446. The van der Waals surface area contributed by atoms with Gasteiger partial charge < -0.3 is 15.4 Å². The van der Waals surface area contributed by atoms with Crippen LogP contribution in [0.5, 0.6) is 0 Å². The van der Waals surface area contributed by atoms with Gasteiger partial charge >= 0.3 is 0 Å². The van der Waals surface area contributed by atoms with E-state index in [1.807, 2.05) is 0 Å². The van der Waals surface area contributed by atoms with Crippen LogP contribution in [0.2, 0.25) is 0 Å². The molecule has 1 aliphatic rings. The molecule has 0 radical (unpaired) electrons. The Bertz CT molecular complexity index is 167. The highest BCUT2D eigenvalue weighted by Gasteiger charge is 2.14. The molecule has 2 N–H and O–H groups in total. The van der Waals surface area contributed by atoms with Gasteiger partial charge in [-0.15, -0.1) is 0 Å². The summed E-state index contributed by atoms with van der Waals surface area (Å²) in [6.45, 7) is 10.8. The van der Waals surface area contributed by atoms with E-state index >= 15 is 0 Å².